The molecule has 610 valence electrons. The van der Waals surface area contributed by atoms with E-state index in [1.165, 1.54) is 19.3 Å². The topological polar surface area (TPSA) is 237 Å². The summed E-state index contributed by atoms with van der Waals surface area (Å²) >= 11 is 0. The predicted octanol–water partition coefficient (Wildman–Crippen LogP) is 24.1. The molecule has 0 saturated carbocycles. The molecule has 0 aromatic rings. The number of aliphatic hydroxyl groups is 1. The van der Waals surface area contributed by atoms with Gasteiger partial charge in [-0.3, -0.25) is 37.3 Å². The average molecular weight is 1550 g/mol. The lowest BCUT2D eigenvalue weighted by Gasteiger charge is -2.21. The molecule has 0 aromatic carbocycles. The summed E-state index contributed by atoms with van der Waals surface area (Å²) in [6.07, 6.45) is 97.0. The zero-order valence-electron chi connectivity index (χ0n) is 66.7. The van der Waals surface area contributed by atoms with Gasteiger partial charge in [0.1, 0.15) is 19.3 Å². The number of hydrogen-bond acceptors (Lipinski definition) is 15. The molecule has 19 heteroatoms. The fourth-order valence-corrected chi connectivity index (χ4v) is 11.5. The molecule has 0 amide bonds. The Labute approximate surface area is 653 Å². The van der Waals surface area contributed by atoms with E-state index >= 15 is 0 Å². The molecule has 5 unspecified atom stereocenters. The van der Waals surface area contributed by atoms with Crippen molar-refractivity contribution in [3.63, 3.8) is 0 Å². The Kier molecular flexibility index (Phi) is 74.5. The number of unbranched alkanes of at least 4 members (excludes halogenated alkanes) is 16. The molecule has 108 heavy (non-hydrogen) atoms. The predicted molar refractivity (Wildman–Crippen MR) is 445 cm³/mol. The van der Waals surface area contributed by atoms with E-state index in [1.807, 2.05) is 18.2 Å². The summed E-state index contributed by atoms with van der Waals surface area (Å²) in [7, 11) is -10.0. The normalized spacial score (nSPS) is 14.8. The van der Waals surface area contributed by atoms with Gasteiger partial charge in [0, 0.05) is 25.7 Å². The Bertz CT molecular complexity index is 2810. The number of carbonyl (C=O) groups excluding carboxylic acids is 4. The van der Waals surface area contributed by atoms with Crippen LogP contribution in [0.4, 0.5) is 0 Å². The Morgan fingerprint density at radius 3 is 0.796 bits per heavy atom. The van der Waals surface area contributed by atoms with Crippen LogP contribution >= 0.6 is 15.6 Å². The van der Waals surface area contributed by atoms with E-state index in [0.29, 0.717) is 32.1 Å². The monoisotopic (exact) mass is 1540 g/mol. The van der Waals surface area contributed by atoms with Gasteiger partial charge in [0.2, 0.25) is 0 Å². The molecular formula is C89H142O17P2. The lowest BCUT2D eigenvalue weighted by atomic mass is 10.1. The van der Waals surface area contributed by atoms with Gasteiger partial charge in [0.15, 0.2) is 12.2 Å². The fraction of sp³-hybridized carbons (Fsp3) is 0.596. The molecule has 0 radical (unpaired) electrons. The minimum absolute atomic E-state index is 0.0220. The number of phosphoric ester groups is 2. The van der Waals surface area contributed by atoms with Gasteiger partial charge in [-0.2, -0.15) is 0 Å². The first kappa shape index (κ1) is 102. The zero-order valence-corrected chi connectivity index (χ0v) is 68.5. The highest BCUT2D eigenvalue weighted by atomic mass is 31.2. The van der Waals surface area contributed by atoms with Gasteiger partial charge in [-0.25, -0.2) is 9.13 Å². The van der Waals surface area contributed by atoms with Crippen molar-refractivity contribution in [2.75, 3.05) is 39.6 Å². The number of allylic oxidation sites excluding steroid dienone is 32. The highest BCUT2D eigenvalue weighted by molar-refractivity contribution is 7.47. The maximum Gasteiger partial charge on any atom is 0.472 e. The van der Waals surface area contributed by atoms with Crippen LogP contribution in [-0.4, -0.2) is 96.7 Å². The number of esters is 4. The van der Waals surface area contributed by atoms with Gasteiger partial charge in [-0.05, 0) is 173 Å². The van der Waals surface area contributed by atoms with Crippen LogP contribution in [0.1, 0.15) is 285 Å². The molecule has 0 heterocycles. The second kappa shape index (κ2) is 79.0. The Balaban J connectivity index is 5.52. The average Bonchev–Trinajstić information content (AvgIpc) is 0.906. The third-order valence-electron chi connectivity index (χ3n) is 16.0. The van der Waals surface area contributed by atoms with E-state index in [1.54, 1.807) is 0 Å². The summed E-state index contributed by atoms with van der Waals surface area (Å²) in [6.45, 7) is 4.33. The van der Waals surface area contributed by atoms with Crippen molar-refractivity contribution in [1.82, 2.24) is 0 Å². The molecule has 0 aliphatic heterocycles. The number of aliphatic hydroxyl groups excluding tert-OH is 1. The highest BCUT2D eigenvalue weighted by Crippen LogP contribution is 2.45. The largest absolute Gasteiger partial charge is 0.472 e. The van der Waals surface area contributed by atoms with Crippen molar-refractivity contribution in [1.29, 1.82) is 0 Å². The summed E-state index contributed by atoms with van der Waals surface area (Å²) in [5.41, 5.74) is 0. The number of rotatable bonds is 74. The highest BCUT2D eigenvalue weighted by Gasteiger charge is 2.30. The zero-order chi connectivity index (χ0) is 78.9. The van der Waals surface area contributed by atoms with E-state index in [2.05, 4.69) is 204 Å². The molecular weight excluding hydrogens is 1400 g/mol. The van der Waals surface area contributed by atoms with E-state index < -0.39 is 97.5 Å². The molecule has 3 N–H and O–H groups in total. The van der Waals surface area contributed by atoms with Gasteiger partial charge in [-0.15, -0.1) is 0 Å². The van der Waals surface area contributed by atoms with Crippen molar-refractivity contribution < 1.29 is 80.2 Å². The van der Waals surface area contributed by atoms with Crippen molar-refractivity contribution in [3.8, 4) is 0 Å². The standard InChI is InChI=1S/C89H142O17P2/c1-5-9-13-17-21-25-29-33-37-40-41-44-47-50-54-58-62-66-70-74-87(92)100-80-85(106-89(94)76-72-68-64-60-56-52-48-43-39-35-31-27-23-19-15-11-7-3)82-104-108(97,98)102-78-83(90)77-101-107(95,96)103-81-84(105-88(93)75-71-67-63-59-55-51-45-36-32-28-24-20-16-12-8-4)79-99-86(91)73-69-65-61-57-53-49-46-42-38-34-30-26-22-18-14-10-6-2/h9-11,13-15,21-28,33-39,41,44-46,48-50,52,54,62,66,83-85,90H,5-8,12,16-20,29-32,40,42-43,47,51,53,55-61,63-65,67-82H2,1-4H3,(H,95,96)(H,97,98)/b13-9-,14-10-,15-11-,25-21-,26-22-,27-23-,28-24-,37-33-,38-34-,39-35-,44-41-,45-36-,49-46-,52-48-,54-50-,66-62-. The van der Waals surface area contributed by atoms with Crippen LogP contribution in [-0.2, 0) is 65.4 Å². The summed E-state index contributed by atoms with van der Waals surface area (Å²) in [6, 6.07) is 0. The number of ether oxygens (including phenoxy) is 4. The van der Waals surface area contributed by atoms with Crippen molar-refractivity contribution in [2.45, 2.75) is 303 Å². The van der Waals surface area contributed by atoms with Crippen LogP contribution in [0.5, 0.6) is 0 Å². The van der Waals surface area contributed by atoms with Crippen LogP contribution in [0.15, 0.2) is 194 Å². The molecule has 0 aliphatic rings. The maximum absolute atomic E-state index is 13.1. The number of carbonyl (C=O) groups is 4. The first-order valence-electron chi connectivity index (χ1n) is 40.7. The smallest absolute Gasteiger partial charge is 0.462 e. The Hall–Kier alpha value is -6.10. The van der Waals surface area contributed by atoms with E-state index in [-0.39, 0.29) is 25.7 Å². The molecule has 0 rings (SSSR count). The summed E-state index contributed by atoms with van der Waals surface area (Å²) in [5.74, 6) is -2.36. The van der Waals surface area contributed by atoms with Crippen molar-refractivity contribution in [3.05, 3.63) is 194 Å². The Morgan fingerprint density at radius 2 is 0.500 bits per heavy atom. The van der Waals surface area contributed by atoms with Crippen LogP contribution < -0.4 is 0 Å². The van der Waals surface area contributed by atoms with Gasteiger partial charge in [-0.1, -0.05) is 280 Å². The number of hydrogen-bond donors (Lipinski definition) is 3. The van der Waals surface area contributed by atoms with Gasteiger partial charge >= 0.3 is 39.5 Å². The second-order valence-electron chi connectivity index (χ2n) is 26.2. The van der Waals surface area contributed by atoms with E-state index in [4.69, 9.17) is 37.0 Å². The first-order chi connectivity index (χ1) is 52.7. The fourth-order valence-electron chi connectivity index (χ4n) is 9.96. The lowest BCUT2D eigenvalue weighted by molar-refractivity contribution is -0.161. The number of phosphoric acid groups is 2. The van der Waals surface area contributed by atoms with Gasteiger partial charge < -0.3 is 33.8 Å². The molecule has 0 fully saturated rings. The maximum atomic E-state index is 13.1. The first-order valence-corrected chi connectivity index (χ1v) is 43.7. The van der Waals surface area contributed by atoms with Crippen LogP contribution in [0, 0.1) is 0 Å². The summed E-state index contributed by atoms with van der Waals surface area (Å²) in [4.78, 5) is 73.1. The summed E-state index contributed by atoms with van der Waals surface area (Å²) in [5, 5.41) is 10.7. The SMILES string of the molecule is CC/C=C\C/C=C\C/C=C\C/C=C\C/C=C\C/C=C\CCC(=O)OCC(COP(=O)(O)OCC(O)COP(=O)(O)OCC(COC(=O)CCCCCC/C=C\C/C=C\C/C=C\C/C=C\CC)OC(=O)CCCCCCC/C=C\C/C=C\CCCCC)OC(=O)CCCCCC/C=C\C/C=C\C/C=C\C/C=C\CC. The van der Waals surface area contributed by atoms with Crippen molar-refractivity contribution >= 4 is 39.5 Å². The minimum Gasteiger partial charge on any atom is -0.462 e. The van der Waals surface area contributed by atoms with Crippen LogP contribution in [0.2, 0.25) is 0 Å². The van der Waals surface area contributed by atoms with Crippen LogP contribution in [0.3, 0.4) is 0 Å². The van der Waals surface area contributed by atoms with E-state index in [9.17, 15) is 43.2 Å². The molecule has 0 saturated heterocycles. The molecule has 0 bridgehead atoms. The van der Waals surface area contributed by atoms with Gasteiger partial charge in [0.25, 0.3) is 0 Å². The molecule has 0 spiro atoms. The van der Waals surface area contributed by atoms with E-state index in [0.717, 1.165) is 180 Å². The molecule has 17 nitrogen and oxygen atoms in total. The Morgan fingerprint density at radius 1 is 0.269 bits per heavy atom. The molecule has 0 aromatic heterocycles. The molecule has 0 aliphatic carbocycles. The van der Waals surface area contributed by atoms with Gasteiger partial charge in [0.05, 0.1) is 26.4 Å². The van der Waals surface area contributed by atoms with Crippen LogP contribution in [0.25, 0.3) is 0 Å². The third-order valence-corrected chi connectivity index (χ3v) is 17.9. The quantitative estimate of drug-likeness (QED) is 0.0169. The molecule has 5 atom stereocenters. The lowest BCUT2D eigenvalue weighted by Crippen LogP contribution is -2.30. The minimum atomic E-state index is -5.02. The second-order valence-corrected chi connectivity index (χ2v) is 29.1. The van der Waals surface area contributed by atoms with Crippen molar-refractivity contribution in [2.24, 2.45) is 0 Å². The summed E-state index contributed by atoms with van der Waals surface area (Å²) < 4.78 is 68.6. The third kappa shape index (κ3) is 78.0.